The lowest BCUT2D eigenvalue weighted by Crippen LogP contribution is -2.41. The van der Waals surface area contributed by atoms with Crippen LogP contribution in [0.2, 0.25) is 0 Å². The van der Waals surface area contributed by atoms with Crippen LogP contribution in [0.3, 0.4) is 0 Å². The van der Waals surface area contributed by atoms with Crippen LogP contribution in [0, 0.1) is 11.8 Å². The summed E-state index contributed by atoms with van der Waals surface area (Å²) < 4.78 is 0. The lowest BCUT2D eigenvalue weighted by atomic mass is 10.1. The van der Waals surface area contributed by atoms with Crippen molar-refractivity contribution < 1.29 is 4.79 Å². The van der Waals surface area contributed by atoms with E-state index in [1.807, 2.05) is 0 Å². The summed E-state index contributed by atoms with van der Waals surface area (Å²) in [4.78, 5) is 13.3. The Morgan fingerprint density at radius 3 is 3.17 bits per heavy atom. The van der Waals surface area contributed by atoms with Crippen LogP contribution >= 0.6 is 15.9 Å². The van der Waals surface area contributed by atoms with E-state index in [9.17, 15) is 4.79 Å². The van der Waals surface area contributed by atoms with Gasteiger partial charge in [0.2, 0.25) is 5.91 Å². The van der Waals surface area contributed by atoms with Gasteiger partial charge in [0.1, 0.15) is 0 Å². The highest BCUT2D eigenvalue weighted by Crippen LogP contribution is 2.17. The van der Waals surface area contributed by atoms with Crippen LogP contribution in [0.1, 0.15) is 19.8 Å². The third kappa shape index (κ3) is 2.25. The topological polar surface area (TPSA) is 20.3 Å². The van der Waals surface area contributed by atoms with Gasteiger partial charge in [0.05, 0.1) is 11.4 Å². The lowest BCUT2D eigenvalue weighted by Gasteiger charge is -2.27. The summed E-state index contributed by atoms with van der Waals surface area (Å²) in [6, 6.07) is 0. The lowest BCUT2D eigenvalue weighted by molar-refractivity contribution is -0.131. The first kappa shape index (κ1) is 9.60. The Morgan fingerprint density at radius 1 is 1.75 bits per heavy atom. The highest BCUT2D eigenvalue weighted by atomic mass is 79.9. The predicted octanol–water partition coefficient (Wildman–Crippen LogP) is 1.40. The van der Waals surface area contributed by atoms with Gasteiger partial charge in [-0.1, -0.05) is 21.9 Å². The summed E-state index contributed by atoms with van der Waals surface area (Å²) in [5.41, 5.74) is 0. The third-order valence-electron chi connectivity index (χ3n) is 1.91. The molecular weight excluding hydrogens is 218 g/mol. The number of piperidine rings is 1. The van der Waals surface area contributed by atoms with Gasteiger partial charge in [-0.3, -0.25) is 4.79 Å². The number of carbonyl (C=O) groups is 1. The Labute approximate surface area is 81.4 Å². The average Bonchev–Trinajstić information content (AvgIpc) is 2.08. The predicted molar refractivity (Wildman–Crippen MR) is 52.0 cm³/mol. The molecule has 0 saturated carbocycles. The molecule has 0 aromatic heterocycles. The molecule has 0 aromatic rings. The minimum Gasteiger partial charge on any atom is -0.331 e. The van der Waals surface area contributed by atoms with E-state index in [-0.39, 0.29) is 10.7 Å². The van der Waals surface area contributed by atoms with Crippen molar-refractivity contribution in [3.8, 4) is 11.8 Å². The summed E-state index contributed by atoms with van der Waals surface area (Å²) >= 11 is 3.35. The molecule has 1 atom stereocenters. The van der Waals surface area contributed by atoms with E-state index >= 15 is 0 Å². The monoisotopic (exact) mass is 229 g/mol. The molecule has 1 aliphatic rings. The number of nitrogens with zero attached hydrogens (tertiary/aromatic N) is 1. The molecule has 1 fully saturated rings. The van der Waals surface area contributed by atoms with E-state index < -0.39 is 0 Å². The molecule has 66 valence electrons. The van der Waals surface area contributed by atoms with Crippen LogP contribution in [-0.4, -0.2) is 28.7 Å². The Morgan fingerprint density at radius 2 is 2.50 bits per heavy atom. The third-order valence-corrected chi connectivity index (χ3v) is 2.76. The maximum atomic E-state index is 11.4. The first-order chi connectivity index (χ1) is 5.75. The fourth-order valence-electron chi connectivity index (χ4n) is 1.22. The van der Waals surface area contributed by atoms with Crippen LogP contribution in [0.25, 0.3) is 0 Å². The molecule has 0 N–H and O–H groups in total. The molecule has 0 bridgehead atoms. The van der Waals surface area contributed by atoms with E-state index in [0.717, 1.165) is 19.4 Å². The minimum atomic E-state index is 0.0184. The number of carbonyl (C=O) groups excluding carboxylic acids is 1. The Hall–Kier alpha value is -0.490. The van der Waals surface area contributed by atoms with Crippen LogP contribution in [0.4, 0.5) is 0 Å². The first-order valence-electron chi connectivity index (χ1n) is 4.08. The molecule has 12 heavy (non-hydrogen) atoms. The molecule has 1 aliphatic heterocycles. The zero-order chi connectivity index (χ0) is 8.97. The quantitative estimate of drug-likeness (QED) is 0.492. The van der Waals surface area contributed by atoms with E-state index in [1.165, 1.54) is 0 Å². The van der Waals surface area contributed by atoms with E-state index in [4.69, 9.17) is 0 Å². The van der Waals surface area contributed by atoms with Crippen LogP contribution in [0.15, 0.2) is 0 Å². The van der Waals surface area contributed by atoms with Gasteiger partial charge in [-0.25, -0.2) is 0 Å². The van der Waals surface area contributed by atoms with Gasteiger partial charge >= 0.3 is 0 Å². The minimum absolute atomic E-state index is 0.0184. The molecule has 0 radical (unpaired) electrons. The van der Waals surface area contributed by atoms with Crippen molar-refractivity contribution >= 4 is 21.8 Å². The van der Waals surface area contributed by atoms with Gasteiger partial charge in [0.15, 0.2) is 0 Å². The molecule has 2 nitrogen and oxygen atoms in total. The number of halogens is 1. The molecule has 1 rings (SSSR count). The molecule has 3 heteroatoms. The second kappa shape index (κ2) is 4.51. The van der Waals surface area contributed by atoms with Gasteiger partial charge in [-0.15, -0.1) is 5.92 Å². The molecule has 1 heterocycles. The second-order valence-electron chi connectivity index (χ2n) is 2.80. The van der Waals surface area contributed by atoms with Gasteiger partial charge in [0.25, 0.3) is 0 Å². The SMILES string of the molecule is CC#CCN1CCCC(Br)C1=O. The molecule has 0 aromatic carbocycles. The van der Waals surface area contributed by atoms with Crippen LogP contribution in [-0.2, 0) is 4.79 Å². The molecule has 1 saturated heterocycles. The second-order valence-corrected chi connectivity index (χ2v) is 3.90. The number of likely N-dealkylation sites (tertiary alicyclic amines) is 1. The summed E-state index contributed by atoms with van der Waals surface area (Å²) in [7, 11) is 0. The maximum absolute atomic E-state index is 11.4. The standard InChI is InChI=1S/C9H12BrNO/c1-2-3-6-11-7-4-5-8(10)9(11)12/h8H,4-7H2,1H3. The number of hydrogen-bond donors (Lipinski definition) is 0. The van der Waals surface area contributed by atoms with Crippen molar-refractivity contribution in [2.75, 3.05) is 13.1 Å². The zero-order valence-corrected chi connectivity index (χ0v) is 8.73. The van der Waals surface area contributed by atoms with Crippen molar-refractivity contribution in [1.82, 2.24) is 4.90 Å². The average molecular weight is 230 g/mol. The summed E-state index contributed by atoms with van der Waals surface area (Å²) in [6.07, 6.45) is 2.03. The van der Waals surface area contributed by atoms with Gasteiger partial charge in [-0.2, -0.15) is 0 Å². The van der Waals surface area contributed by atoms with Crippen molar-refractivity contribution in [2.24, 2.45) is 0 Å². The largest absolute Gasteiger partial charge is 0.331 e. The van der Waals surface area contributed by atoms with Crippen LogP contribution < -0.4 is 0 Å². The van der Waals surface area contributed by atoms with E-state index in [2.05, 4.69) is 27.8 Å². The van der Waals surface area contributed by atoms with E-state index in [1.54, 1.807) is 11.8 Å². The normalized spacial score (nSPS) is 23.3. The summed E-state index contributed by atoms with van der Waals surface area (Å²) in [5, 5.41) is 0. The number of rotatable bonds is 1. The van der Waals surface area contributed by atoms with Crippen molar-refractivity contribution in [3.63, 3.8) is 0 Å². The number of alkyl halides is 1. The number of hydrogen-bond acceptors (Lipinski definition) is 1. The Bertz CT molecular complexity index is 228. The van der Waals surface area contributed by atoms with Crippen molar-refractivity contribution in [2.45, 2.75) is 24.6 Å². The highest BCUT2D eigenvalue weighted by molar-refractivity contribution is 9.10. The van der Waals surface area contributed by atoms with Gasteiger partial charge < -0.3 is 4.90 Å². The van der Waals surface area contributed by atoms with Crippen molar-refractivity contribution in [1.29, 1.82) is 0 Å². The molecule has 0 spiro atoms. The Kier molecular flexibility index (Phi) is 3.61. The fourth-order valence-corrected chi connectivity index (χ4v) is 1.84. The molecule has 1 amide bonds. The molecule has 0 aliphatic carbocycles. The van der Waals surface area contributed by atoms with Crippen LogP contribution in [0.5, 0.6) is 0 Å². The fraction of sp³-hybridized carbons (Fsp3) is 0.667. The van der Waals surface area contributed by atoms with E-state index in [0.29, 0.717) is 6.54 Å². The molecular formula is C9H12BrNO. The number of amides is 1. The summed E-state index contributed by atoms with van der Waals surface area (Å²) in [5.74, 6) is 5.88. The van der Waals surface area contributed by atoms with Gasteiger partial charge in [0, 0.05) is 6.54 Å². The molecule has 1 unspecified atom stereocenters. The summed E-state index contributed by atoms with van der Waals surface area (Å²) in [6.45, 7) is 3.23. The zero-order valence-electron chi connectivity index (χ0n) is 7.14. The maximum Gasteiger partial charge on any atom is 0.237 e. The first-order valence-corrected chi connectivity index (χ1v) is 4.99. The van der Waals surface area contributed by atoms with Gasteiger partial charge in [-0.05, 0) is 19.8 Å². The Balaban J connectivity index is 2.50. The smallest absolute Gasteiger partial charge is 0.237 e. The highest BCUT2D eigenvalue weighted by Gasteiger charge is 2.25. The van der Waals surface area contributed by atoms with Crippen molar-refractivity contribution in [3.05, 3.63) is 0 Å².